The molecule has 3 saturated carbocycles. The van der Waals surface area contributed by atoms with E-state index in [1.165, 1.54) is 6.92 Å². The van der Waals surface area contributed by atoms with Gasteiger partial charge in [0.15, 0.2) is 18.4 Å². The molecule has 4 saturated heterocycles. The van der Waals surface area contributed by atoms with Gasteiger partial charge in [-0.15, -0.1) is 0 Å². The Hall–Kier alpha value is -1.18. The quantitative estimate of drug-likeness (QED) is 0.149. The minimum Gasteiger partial charge on any atom is -0.388 e. The molecule has 0 radical (unpaired) electrons. The van der Waals surface area contributed by atoms with Gasteiger partial charge in [0.25, 0.3) is 0 Å². The molecule has 330 valence electrons. The van der Waals surface area contributed by atoms with Gasteiger partial charge in [-0.1, -0.05) is 44.6 Å². The van der Waals surface area contributed by atoms with Crippen molar-refractivity contribution < 1.29 is 83.2 Å². The van der Waals surface area contributed by atoms with Gasteiger partial charge >= 0.3 is 20.8 Å². The van der Waals surface area contributed by atoms with Crippen LogP contribution in [-0.2, 0) is 57.6 Å². The number of hydrogen-bond donors (Lipinski definition) is 6. The van der Waals surface area contributed by atoms with E-state index < -0.39 is 106 Å². The van der Waals surface area contributed by atoms with Gasteiger partial charge < -0.3 is 48.8 Å². The molecule has 7 fully saturated rings. The first-order chi connectivity index (χ1) is 27.0. The molecule has 0 aromatic carbocycles. The van der Waals surface area contributed by atoms with E-state index in [1.807, 2.05) is 0 Å². The highest BCUT2D eigenvalue weighted by molar-refractivity contribution is 7.81. The van der Waals surface area contributed by atoms with Crippen LogP contribution in [-0.4, -0.2) is 139 Å². The van der Waals surface area contributed by atoms with Crippen molar-refractivity contribution in [1.29, 1.82) is 0 Å². The Kier molecular flexibility index (Phi) is 11.4. The molecule has 0 aromatic rings. The predicted molar refractivity (Wildman–Crippen MR) is 198 cm³/mol. The van der Waals surface area contributed by atoms with Crippen LogP contribution in [0.5, 0.6) is 0 Å². The molecule has 8 rings (SSSR count). The maximum atomic E-state index is 12.1. The number of aliphatic hydroxyl groups is 4. The van der Waals surface area contributed by atoms with Crippen LogP contribution in [0.4, 0.5) is 0 Å². The van der Waals surface area contributed by atoms with Crippen molar-refractivity contribution in [1.82, 2.24) is 0 Å². The van der Waals surface area contributed by atoms with Crippen molar-refractivity contribution >= 4 is 20.8 Å². The lowest BCUT2D eigenvalue weighted by atomic mass is 9.46. The average molecular weight is 867 g/mol. The van der Waals surface area contributed by atoms with Crippen molar-refractivity contribution in [3.05, 3.63) is 23.8 Å². The van der Waals surface area contributed by atoms with E-state index in [1.54, 1.807) is 0 Å². The fourth-order valence-electron chi connectivity index (χ4n) is 12.7. The van der Waals surface area contributed by atoms with Crippen LogP contribution in [0.1, 0.15) is 79.1 Å². The Balaban J connectivity index is 1.10. The number of fused-ring (bicyclic) bond motifs is 7. The lowest BCUT2D eigenvalue weighted by molar-refractivity contribution is -0.361. The van der Waals surface area contributed by atoms with E-state index in [2.05, 4.69) is 33.4 Å². The van der Waals surface area contributed by atoms with Gasteiger partial charge in [0.2, 0.25) is 0 Å². The molecule has 4 aliphatic carbocycles. The summed E-state index contributed by atoms with van der Waals surface area (Å²) in [5.74, 6) is 0.300. The summed E-state index contributed by atoms with van der Waals surface area (Å²) in [6, 6.07) is 0. The molecule has 20 heteroatoms. The van der Waals surface area contributed by atoms with Crippen molar-refractivity contribution in [2.75, 3.05) is 13.2 Å². The maximum absolute atomic E-state index is 12.1. The van der Waals surface area contributed by atoms with Crippen LogP contribution in [0.15, 0.2) is 23.8 Å². The van der Waals surface area contributed by atoms with E-state index in [4.69, 9.17) is 36.8 Å². The molecule has 20 atom stereocenters. The van der Waals surface area contributed by atoms with Crippen LogP contribution in [0, 0.1) is 40.4 Å². The fraction of sp³-hybridized carbons (Fsp3) is 0.895. The third-order valence-corrected chi connectivity index (χ3v) is 16.5. The normalized spacial score (nSPS) is 52.1. The summed E-state index contributed by atoms with van der Waals surface area (Å²) < 4.78 is 114. The largest absolute Gasteiger partial charge is 0.397 e. The third kappa shape index (κ3) is 7.47. The van der Waals surface area contributed by atoms with E-state index in [0.29, 0.717) is 6.61 Å². The topological polar surface area (TPSA) is 263 Å². The Labute approximate surface area is 339 Å². The first-order valence-electron chi connectivity index (χ1n) is 20.3. The predicted octanol–water partition coefficient (Wildman–Crippen LogP) is 1.57. The zero-order valence-electron chi connectivity index (χ0n) is 33.1. The summed E-state index contributed by atoms with van der Waals surface area (Å²) in [5, 5.41) is 43.1. The molecular weight excluding hydrogens is 809 g/mol. The summed E-state index contributed by atoms with van der Waals surface area (Å²) in [4.78, 5) is 0. The first kappa shape index (κ1) is 43.5. The van der Waals surface area contributed by atoms with Gasteiger partial charge in [0.05, 0.1) is 37.6 Å². The third-order valence-electron chi connectivity index (χ3n) is 15.5. The van der Waals surface area contributed by atoms with E-state index in [9.17, 15) is 46.4 Å². The Morgan fingerprint density at radius 3 is 2.28 bits per heavy atom. The number of hydrogen-bond acceptors (Lipinski definition) is 16. The highest BCUT2D eigenvalue weighted by Crippen LogP contribution is 2.71. The standard InChI is InChI=1S/C38H58O18S2/c1-17-8-11-38(50-15-17)18(2)28-25(54-38)14-24-22-7-6-20-12-21(55-57(43,44)45)13-27(37(20,5)23(22)9-10-36(24,28)4)52-35-33(30(40)26(16-49-35)56-58(46,47)48)53-34-32(42)31(41)29(39)19(3)51-34/h6,18-19,21-35,39-42H,1,7-16H2,2-5H3,(H,43,44,45)(H,46,47,48)/t18-,19-,21+,22+,23-,24-,25-,26-,27+,28-,29-,30-,31+,32+,33+,34-,35-,36-,37-,38+/m0/s1. The number of aliphatic hydroxyl groups excluding tert-OH is 4. The molecule has 8 aliphatic rings. The molecule has 6 N–H and O–H groups in total. The van der Waals surface area contributed by atoms with Gasteiger partial charge in [0.1, 0.15) is 36.6 Å². The van der Waals surface area contributed by atoms with E-state index in [0.717, 1.165) is 49.7 Å². The Morgan fingerprint density at radius 1 is 0.879 bits per heavy atom. The maximum Gasteiger partial charge on any atom is 0.397 e. The number of rotatable bonds is 8. The highest BCUT2D eigenvalue weighted by Gasteiger charge is 2.69. The molecule has 1 spiro atoms. The molecular formula is C38H58O18S2. The van der Waals surface area contributed by atoms with Gasteiger partial charge in [-0.2, -0.15) is 16.8 Å². The summed E-state index contributed by atoms with van der Waals surface area (Å²) in [5.41, 5.74) is 1.12. The van der Waals surface area contributed by atoms with Crippen LogP contribution in [0.2, 0.25) is 0 Å². The highest BCUT2D eigenvalue weighted by atomic mass is 32.3. The zero-order valence-corrected chi connectivity index (χ0v) is 34.7. The average Bonchev–Trinajstić information content (AvgIpc) is 3.58. The second-order valence-corrected chi connectivity index (χ2v) is 20.6. The minimum absolute atomic E-state index is 0.0177. The number of ether oxygens (including phenoxy) is 6. The number of allylic oxidation sites excluding steroid dienone is 1. The van der Waals surface area contributed by atoms with Crippen LogP contribution < -0.4 is 0 Å². The lowest BCUT2D eigenvalue weighted by Crippen LogP contribution is -2.64. The van der Waals surface area contributed by atoms with Crippen molar-refractivity contribution in [2.24, 2.45) is 40.4 Å². The van der Waals surface area contributed by atoms with Crippen molar-refractivity contribution in [2.45, 2.75) is 158 Å². The summed E-state index contributed by atoms with van der Waals surface area (Å²) in [6.45, 7) is 12.1. The van der Waals surface area contributed by atoms with Gasteiger partial charge in [-0.3, -0.25) is 9.11 Å². The van der Waals surface area contributed by atoms with Crippen LogP contribution >= 0.6 is 0 Å². The van der Waals surface area contributed by atoms with Gasteiger partial charge in [0, 0.05) is 24.2 Å². The van der Waals surface area contributed by atoms with E-state index in [-0.39, 0.29) is 54.0 Å². The Morgan fingerprint density at radius 2 is 1.60 bits per heavy atom. The zero-order chi connectivity index (χ0) is 41.9. The lowest BCUT2D eigenvalue weighted by Gasteiger charge is -2.60. The van der Waals surface area contributed by atoms with Crippen LogP contribution in [0.25, 0.3) is 0 Å². The molecule has 0 bridgehead atoms. The second-order valence-electron chi connectivity index (χ2n) is 18.5. The summed E-state index contributed by atoms with van der Waals surface area (Å²) >= 11 is 0. The monoisotopic (exact) mass is 866 g/mol. The fourth-order valence-corrected chi connectivity index (χ4v) is 13.6. The Bertz CT molecular complexity index is 1830. The summed E-state index contributed by atoms with van der Waals surface area (Å²) in [6.07, 6.45) is -9.34. The van der Waals surface area contributed by atoms with Crippen LogP contribution in [0.3, 0.4) is 0 Å². The molecule has 0 amide bonds. The van der Waals surface area contributed by atoms with Crippen molar-refractivity contribution in [3.8, 4) is 0 Å². The summed E-state index contributed by atoms with van der Waals surface area (Å²) in [7, 11) is -9.99. The van der Waals surface area contributed by atoms with Gasteiger partial charge in [-0.25, -0.2) is 8.37 Å². The van der Waals surface area contributed by atoms with Gasteiger partial charge in [-0.05, 0) is 74.5 Å². The molecule has 0 aromatic heterocycles. The molecule has 58 heavy (non-hydrogen) atoms. The van der Waals surface area contributed by atoms with E-state index >= 15 is 0 Å². The molecule has 4 aliphatic heterocycles. The SMILES string of the molecule is C=C1CC[C@@]2(OC1)O[C@H]1C[C@H]3[C@@H]4CC=C5C[C@@H](OS(=O)(=O)O)C[C@@H](O[C@@H]6OC[C@H](OS(=O)(=O)O)[C@H](O)[C@H]6O[C@@H]6O[C@@H](C)[C@H](O)[C@@H](O)[C@H]6O)[C@]5(C)[C@H]4CC[C@]3(C)[C@H]1[C@@H]2C. The first-order valence-corrected chi connectivity index (χ1v) is 23.1. The van der Waals surface area contributed by atoms with Crippen molar-refractivity contribution in [3.63, 3.8) is 0 Å². The second kappa shape index (κ2) is 15.3. The molecule has 18 nitrogen and oxygen atoms in total. The molecule has 0 unspecified atom stereocenters. The molecule has 4 heterocycles. The minimum atomic E-state index is -5.10. The smallest absolute Gasteiger partial charge is 0.388 e.